The third kappa shape index (κ3) is 2.34. The van der Waals surface area contributed by atoms with E-state index in [1.807, 2.05) is 36.0 Å². The highest BCUT2D eigenvalue weighted by molar-refractivity contribution is 6.31. The third-order valence-corrected chi connectivity index (χ3v) is 3.39. The maximum Gasteiger partial charge on any atom is 0.124 e. The van der Waals surface area contributed by atoms with Crippen molar-refractivity contribution in [1.82, 2.24) is 19.5 Å². The summed E-state index contributed by atoms with van der Waals surface area (Å²) in [5, 5.41) is 0.683. The average molecular weight is 276 g/mol. The molecule has 3 rings (SSSR count). The van der Waals surface area contributed by atoms with Gasteiger partial charge < -0.3 is 15.3 Å². The summed E-state index contributed by atoms with van der Waals surface area (Å²) >= 11 is 5.95. The van der Waals surface area contributed by atoms with Gasteiger partial charge >= 0.3 is 0 Å². The lowest BCUT2D eigenvalue weighted by Crippen LogP contribution is -2.16. The Hall–Kier alpha value is -1.85. The average Bonchev–Trinajstić information content (AvgIpc) is 2.96. The van der Waals surface area contributed by atoms with Crippen LogP contribution in [0, 0.1) is 0 Å². The van der Waals surface area contributed by atoms with E-state index in [0.29, 0.717) is 11.4 Å². The summed E-state index contributed by atoms with van der Waals surface area (Å²) in [5.74, 6) is 0.762. The molecule has 0 fully saturated rings. The fourth-order valence-corrected chi connectivity index (χ4v) is 2.25. The van der Waals surface area contributed by atoms with Crippen LogP contribution in [0.3, 0.4) is 0 Å². The number of aryl methyl sites for hydroxylation is 1. The van der Waals surface area contributed by atoms with Gasteiger partial charge in [0.2, 0.25) is 0 Å². The molecule has 3 N–H and O–H groups in total. The summed E-state index contributed by atoms with van der Waals surface area (Å²) in [7, 11) is 1.95. The molecule has 0 amide bonds. The van der Waals surface area contributed by atoms with E-state index < -0.39 is 0 Å². The summed E-state index contributed by atoms with van der Waals surface area (Å²) in [4.78, 5) is 11.8. The maximum absolute atomic E-state index is 6.19. The van der Waals surface area contributed by atoms with Crippen LogP contribution >= 0.6 is 11.6 Å². The van der Waals surface area contributed by atoms with Gasteiger partial charge in [-0.15, -0.1) is 0 Å². The molecule has 19 heavy (non-hydrogen) atoms. The predicted octanol–water partition coefficient (Wildman–Crippen LogP) is 2.19. The molecule has 2 heterocycles. The summed E-state index contributed by atoms with van der Waals surface area (Å²) in [6, 6.07) is 5.36. The van der Waals surface area contributed by atoms with Crippen molar-refractivity contribution >= 4 is 22.6 Å². The summed E-state index contributed by atoms with van der Waals surface area (Å²) in [6.07, 6.45) is 4.27. The number of nitrogens with two attached hydrogens (primary N) is 1. The lowest BCUT2D eigenvalue weighted by Gasteiger charge is -2.08. The lowest BCUT2D eigenvalue weighted by atomic mass is 10.1. The Kier molecular flexibility index (Phi) is 3.00. The molecule has 0 bridgehead atoms. The van der Waals surface area contributed by atoms with E-state index in [2.05, 4.69) is 15.0 Å². The highest BCUT2D eigenvalue weighted by Gasteiger charge is 2.13. The topological polar surface area (TPSA) is 72.5 Å². The van der Waals surface area contributed by atoms with Gasteiger partial charge in [0.1, 0.15) is 5.82 Å². The van der Waals surface area contributed by atoms with Crippen LogP contribution in [0.2, 0.25) is 5.02 Å². The van der Waals surface area contributed by atoms with Crippen LogP contribution in [0.5, 0.6) is 0 Å². The molecule has 0 saturated carbocycles. The number of rotatable bonds is 3. The molecule has 0 aliphatic carbocycles. The smallest absolute Gasteiger partial charge is 0.124 e. The van der Waals surface area contributed by atoms with Crippen LogP contribution in [0.25, 0.3) is 11.0 Å². The van der Waals surface area contributed by atoms with Crippen molar-refractivity contribution in [3.8, 4) is 0 Å². The van der Waals surface area contributed by atoms with Crippen LogP contribution in [0.4, 0.5) is 0 Å². The summed E-state index contributed by atoms with van der Waals surface area (Å²) in [6.45, 7) is 0. The number of hydrogen-bond acceptors (Lipinski definition) is 3. The number of nitrogens with zero attached hydrogens (tertiary/aromatic N) is 3. The van der Waals surface area contributed by atoms with Gasteiger partial charge in [0.15, 0.2) is 0 Å². The van der Waals surface area contributed by atoms with Crippen molar-refractivity contribution in [3.63, 3.8) is 0 Å². The molecule has 6 heteroatoms. The first kappa shape index (κ1) is 12.2. The van der Waals surface area contributed by atoms with Crippen molar-refractivity contribution in [3.05, 3.63) is 47.3 Å². The Morgan fingerprint density at radius 1 is 1.47 bits per heavy atom. The molecule has 0 saturated heterocycles. The second-order valence-electron chi connectivity index (χ2n) is 4.59. The molecule has 0 radical (unpaired) electrons. The van der Waals surface area contributed by atoms with Crippen LogP contribution < -0.4 is 5.73 Å². The number of aromatic nitrogens is 4. The van der Waals surface area contributed by atoms with Crippen LogP contribution in [0.15, 0.2) is 30.7 Å². The van der Waals surface area contributed by atoms with Crippen molar-refractivity contribution in [1.29, 1.82) is 0 Å². The molecule has 2 aromatic heterocycles. The van der Waals surface area contributed by atoms with Gasteiger partial charge in [0.05, 0.1) is 23.4 Å². The number of H-pyrrole nitrogens is 1. The zero-order valence-electron chi connectivity index (χ0n) is 10.5. The van der Waals surface area contributed by atoms with Gasteiger partial charge in [0, 0.05) is 30.4 Å². The summed E-state index contributed by atoms with van der Waals surface area (Å²) < 4.78 is 1.96. The minimum atomic E-state index is -0.193. The number of hydrogen-bond donors (Lipinski definition) is 2. The molecule has 98 valence electrons. The molecule has 1 atom stereocenters. The standard InChI is InChI=1S/C13H14ClN5/c1-19-7-16-6-9(19)5-10(15)13-17-11-3-2-8(14)4-12(11)18-13/h2-4,6-7,10H,5,15H2,1H3,(H,17,18)/t10-/m0/s1. The molecule has 5 nitrogen and oxygen atoms in total. The minimum absolute atomic E-state index is 0.193. The monoisotopic (exact) mass is 275 g/mol. The first-order valence-corrected chi connectivity index (χ1v) is 6.37. The zero-order chi connectivity index (χ0) is 13.4. The molecule has 0 unspecified atom stereocenters. The quantitative estimate of drug-likeness (QED) is 0.770. The predicted molar refractivity (Wildman–Crippen MR) is 74.9 cm³/mol. The van der Waals surface area contributed by atoms with E-state index >= 15 is 0 Å². The van der Waals surface area contributed by atoms with Crippen molar-refractivity contribution in [2.75, 3.05) is 0 Å². The molecule has 0 spiro atoms. The van der Waals surface area contributed by atoms with E-state index in [1.165, 1.54) is 0 Å². The van der Waals surface area contributed by atoms with E-state index in [9.17, 15) is 0 Å². The lowest BCUT2D eigenvalue weighted by molar-refractivity contribution is 0.647. The normalized spacial score (nSPS) is 13.0. The van der Waals surface area contributed by atoms with Gasteiger partial charge in [-0.2, -0.15) is 0 Å². The first-order chi connectivity index (χ1) is 9.13. The summed E-state index contributed by atoms with van der Waals surface area (Å²) in [5.41, 5.74) is 9.04. The van der Waals surface area contributed by atoms with Gasteiger partial charge in [-0.05, 0) is 18.2 Å². The van der Waals surface area contributed by atoms with Crippen LogP contribution in [-0.4, -0.2) is 19.5 Å². The van der Waals surface area contributed by atoms with Gasteiger partial charge in [0.25, 0.3) is 0 Å². The van der Waals surface area contributed by atoms with Crippen molar-refractivity contribution < 1.29 is 0 Å². The Morgan fingerprint density at radius 2 is 2.32 bits per heavy atom. The van der Waals surface area contributed by atoms with Gasteiger partial charge in [-0.1, -0.05) is 11.6 Å². The maximum atomic E-state index is 6.19. The molecule has 3 aromatic rings. The SMILES string of the molecule is Cn1cncc1C[C@H](N)c1nc2ccc(Cl)cc2[nH]1. The fraction of sp³-hybridized carbons (Fsp3) is 0.231. The van der Waals surface area contributed by atoms with E-state index in [1.54, 1.807) is 6.33 Å². The molecule has 0 aliphatic heterocycles. The number of nitrogens with one attached hydrogen (secondary N) is 1. The highest BCUT2D eigenvalue weighted by atomic mass is 35.5. The van der Waals surface area contributed by atoms with Crippen LogP contribution in [0.1, 0.15) is 17.6 Å². The fourth-order valence-electron chi connectivity index (χ4n) is 2.08. The largest absolute Gasteiger partial charge is 0.341 e. The number of benzene rings is 1. The molecule has 1 aromatic carbocycles. The Morgan fingerprint density at radius 3 is 3.05 bits per heavy atom. The molecule has 0 aliphatic rings. The van der Waals surface area contributed by atoms with E-state index in [-0.39, 0.29) is 6.04 Å². The van der Waals surface area contributed by atoms with E-state index in [4.69, 9.17) is 17.3 Å². The number of halogens is 1. The zero-order valence-corrected chi connectivity index (χ0v) is 11.2. The van der Waals surface area contributed by atoms with Crippen molar-refractivity contribution in [2.45, 2.75) is 12.5 Å². The van der Waals surface area contributed by atoms with Crippen molar-refractivity contribution in [2.24, 2.45) is 12.8 Å². The minimum Gasteiger partial charge on any atom is -0.341 e. The Bertz CT molecular complexity index is 715. The number of imidazole rings is 2. The number of aromatic amines is 1. The number of fused-ring (bicyclic) bond motifs is 1. The Balaban J connectivity index is 1.89. The third-order valence-electron chi connectivity index (χ3n) is 3.16. The molecular formula is C13H14ClN5. The second kappa shape index (κ2) is 4.68. The molecular weight excluding hydrogens is 262 g/mol. The first-order valence-electron chi connectivity index (χ1n) is 5.99. The second-order valence-corrected chi connectivity index (χ2v) is 5.03. The highest BCUT2D eigenvalue weighted by Crippen LogP contribution is 2.20. The van der Waals surface area contributed by atoms with Gasteiger partial charge in [-0.3, -0.25) is 0 Å². The van der Waals surface area contributed by atoms with Crippen LogP contribution in [-0.2, 0) is 13.5 Å². The van der Waals surface area contributed by atoms with E-state index in [0.717, 1.165) is 22.6 Å². The van der Waals surface area contributed by atoms with Gasteiger partial charge in [-0.25, -0.2) is 9.97 Å². The Labute approximate surface area is 115 Å².